The predicted octanol–water partition coefficient (Wildman–Crippen LogP) is 5.36. The summed E-state index contributed by atoms with van der Waals surface area (Å²) in [6.07, 6.45) is 3.52. The molecule has 4 aliphatic heterocycles. The first kappa shape index (κ1) is 35.2. The normalized spacial score (nSPS) is 18.5. The van der Waals surface area contributed by atoms with Gasteiger partial charge in [0.15, 0.2) is 0 Å². The number of methoxy groups -OCH3 is 1. The van der Waals surface area contributed by atoms with E-state index < -0.39 is 0 Å². The van der Waals surface area contributed by atoms with Crippen molar-refractivity contribution in [2.24, 2.45) is 10.8 Å². The third-order valence-electron chi connectivity index (χ3n) is 11.4. The Labute approximate surface area is 314 Å². The zero-order chi connectivity index (χ0) is 37.1. The molecule has 2 aromatic carbocycles. The molecule has 0 saturated carbocycles. The summed E-state index contributed by atoms with van der Waals surface area (Å²) in [7, 11) is 1.68. The van der Waals surface area contributed by atoms with Crippen molar-refractivity contribution in [3.05, 3.63) is 94.4 Å². The quantitative estimate of drug-likeness (QED) is 0.245. The van der Waals surface area contributed by atoms with Crippen LogP contribution in [-0.4, -0.2) is 107 Å². The van der Waals surface area contributed by atoms with Crippen LogP contribution in [-0.2, 0) is 22.7 Å². The van der Waals surface area contributed by atoms with Gasteiger partial charge in [-0.05, 0) is 47.9 Å². The van der Waals surface area contributed by atoms with Gasteiger partial charge in [0.25, 0.3) is 5.91 Å². The highest BCUT2D eigenvalue weighted by Gasteiger charge is 2.53. The van der Waals surface area contributed by atoms with Crippen molar-refractivity contribution in [1.82, 2.24) is 29.6 Å². The molecule has 1 N–H and O–H groups in total. The van der Waals surface area contributed by atoms with Crippen LogP contribution in [0.1, 0.15) is 41.0 Å². The van der Waals surface area contributed by atoms with Crippen LogP contribution in [0.25, 0.3) is 22.4 Å². The number of hydrogen-bond acceptors (Lipinski definition) is 8. The van der Waals surface area contributed by atoms with E-state index in [1.807, 2.05) is 59.2 Å². The molecule has 12 heteroatoms. The Morgan fingerprint density at radius 2 is 1.47 bits per heavy atom. The van der Waals surface area contributed by atoms with Crippen molar-refractivity contribution >= 4 is 35.0 Å². The van der Waals surface area contributed by atoms with E-state index in [-0.39, 0.29) is 28.6 Å². The maximum atomic E-state index is 13.3. The van der Waals surface area contributed by atoms with Crippen molar-refractivity contribution in [3.63, 3.8) is 0 Å². The van der Waals surface area contributed by atoms with Crippen molar-refractivity contribution in [2.75, 3.05) is 64.8 Å². The highest BCUT2D eigenvalue weighted by Crippen LogP contribution is 2.43. The summed E-state index contributed by atoms with van der Waals surface area (Å²) in [4.78, 5) is 54.2. The minimum absolute atomic E-state index is 0.147. The molecular weight excluding hydrogens is 690 g/mol. The molecule has 2 spiro atoms. The van der Waals surface area contributed by atoms with Gasteiger partial charge in [0.05, 0.1) is 17.8 Å². The zero-order valence-electron chi connectivity index (χ0n) is 30.6. The van der Waals surface area contributed by atoms with Gasteiger partial charge in [-0.25, -0.2) is 0 Å². The summed E-state index contributed by atoms with van der Waals surface area (Å²) >= 11 is 7.10. The van der Waals surface area contributed by atoms with Gasteiger partial charge < -0.3 is 19.9 Å². The SMILES string of the molecule is COc1cc(-c2nccc(-c3cccc(NC(=O)c4ccc(CN5CC6(C5)CN(C(C)=O)C6)cn4)c3C)c2Cl)ccc1CN1CC2(C1)CN(C(C)=O)C2. The van der Waals surface area contributed by atoms with Crippen LogP contribution >= 0.6 is 11.6 Å². The number of nitrogens with zero attached hydrogens (tertiary/aromatic N) is 6. The lowest BCUT2D eigenvalue weighted by atomic mass is 9.72. The third kappa shape index (κ3) is 6.66. The molecule has 0 bridgehead atoms. The topological polar surface area (TPSA) is 111 Å². The molecule has 2 aromatic heterocycles. The fourth-order valence-corrected chi connectivity index (χ4v) is 9.00. The standard InChI is InChI=1S/C41H44ClN7O4/c1-26-32(6-5-7-34(26)45-39(52)35-11-8-29(15-44-35)16-46-18-40(19-46)22-48(23-40)27(2)50)33-12-13-43-38(37(33)42)30-9-10-31(36(14-30)53-4)17-47-20-41(21-47)24-49(25-41)28(3)51/h5-15H,16-25H2,1-4H3,(H,45,52). The van der Waals surface area contributed by atoms with Gasteiger partial charge >= 0.3 is 0 Å². The zero-order valence-corrected chi connectivity index (χ0v) is 31.4. The molecule has 0 aliphatic carbocycles. The van der Waals surface area contributed by atoms with E-state index in [0.717, 1.165) is 105 Å². The fraction of sp³-hybridized carbons (Fsp3) is 0.390. The Kier molecular flexibility index (Phi) is 8.99. The average Bonchev–Trinajstić information content (AvgIpc) is 3.07. The molecule has 0 atom stereocenters. The van der Waals surface area contributed by atoms with E-state index in [4.69, 9.17) is 16.3 Å². The monoisotopic (exact) mass is 733 g/mol. The van der Waals surface area contributed by atoms with Crippen LogP contribution in [0.15, 0.2) is 67.0 Å². The maximum Gasteiger partial charge on any atom is 0.274 e. The summed E-state index contributed by atoms with van der Waals surface area (Å²) in [6, 6.07) is 17.5. The number of likely N-dealkylation sites (tertiary alicyclic amines) is 4. The number of amides is 3. The molecule has 53 heavy (non-hydrogen) atoms. The number of hydrogen-bond donors (Lipinski definition) is 1. The molecule has 0 unspecified atom stereocenters. The van der Waals surface area contributed by atoms with Crippen LogP contribution in [0.2, 0.25) is 5.02 Å². The first-order valence-electron chi connectivity index (χ1n) is 18.1. The van der Waals surface area contributed by atoms with Crippen molar-refractivity contribution in [2.45, 2.75) is 33.9 Å². The number of carbonyl (C=O) groups is 3. The Balaban J connectivity index is 0.914. The third-order valence-corrected chi connectivity index (χ3v) is 11.8. The van der Waals surface area contributed by atoms with E-state index in [1.54, 1.807) is 39.4 Å². The lowest BCUT2D eigenvalue weighted by Crippen LogP contribution is -2.72. The molecule has 11 nitrogen and oxygen atoms in total. The number of benzene rings is 2. The Bertz CT molecular complexity index is 2090. The summed E-state index contributed by atoms with van der Waals surface area (Å²) in [6.45, 7) is 14.1. The van der Waals surface area contributed by atoms with Crippen molar-refractivity contribution in [3.8, 4) is 28.1 Å². The molecule has 4 aromatic rings. The summed E-state index contributed by atoms with van der Waals surface area (Å²) < 4.78 is 5.83. The number of carbonyl (C=O) groups excluding carboxylic acids is 3. The number of ether oxygens (including phenoxy) is 1. The van der Waals surface area contributed by atoms with Crippen LogP contribution in [0.5, 0.6) is 5.75 Å². The van der Waals surface area contributed by atoms with Gasteiger partial charge in [-0.15, -0.1) is 0 Å². The van der Waals surface area contributed by atoms with E-state index >= 15 is 0 Å². The van der Waals surface area contributed by atoms with Crippen molar-refractivity contribution in [1.29, 1.82) is 0 Å². The summed E-state index contributed by atoms with van der Waals surface area (Å²) in [5.41, 5.74) is 7.72. The van der Waals surface area contributed by atoms with E-state index in [2.05, 4.69) is 31.2 Å². The molecule has 0 radical (unpaired) electrons. The van der Waals surface area contributed by atoms with Gasteiger partial charge in [0, 0.05) is 125 Å². The van der Waals surface area contributed by atoms with Crippen LogP contribution in [0, 0.1) is 17.8 Å². The van der Waals surface area contributed by atoms with E-state index in [1.165, 1.54) is 0 Å². The average molecular weight is 734 g/mol. The first-order chi connectivity index (χ1) is 25.4. The Hall–Kier alpha value is -4.84. The minimum Gasteiger partial charge on any atom is -0.496 e. The van der Waals surface area contributed by atoms with Gasteiger partial charge in [0.2, 0.25) is 11.8 Å². The number of nitrogens with one attached hydrogen (secondary N) is 1. The lowest BCUT2D eigenvalue weighted by Gasteiger charge is -2.60. The van der Waals surface area contributed by atoms with Crippen LogP contribution in [0.3, 0.4) is 0 Å². The molecular formula is C41H44ClN7O4. The molecule has 4 saturated heterocycles. The smallest absolute Gasteiger partial charge is 0.274 e. The highest BCUT2D eigenvalue weighted by molar-refractivity contribution is 6.35. The largest absolute Gasteiger partial charge is 0.496 e. The molecule has 8 rings (SSSR count). The molecule has 4 fully saturated rings. The number of rotatable bonds is 9. The van der Waals surface area contributed by atoms with Crippen LogP contribution < -0.4 is 10.1 Å². The second kappa shape index (κ2) is 13.5. The summed E-state index contributed by atoms with van der Waals surface area (Å²) in [5, 5.41) is 3.56. The number of anilines is 1. The molecule has 6 heterocycles. The van der Waals surface area contributed by atoms with E-state index in [9.17, 15) is 14.4 Å². The number of halogens is 1. The molecule has 3 amide bonds. The van der Waals surface area contributed by atoms with Crippen molar-refractivity contribution < 1.29 is 19.1 Å². The predicted molar refractivity (Wildman–Crippen MR) is 204 cm³/mol. The van der Waals surface area contributed by atoms with Gasteiger partial charge in [-0.2, -0.15) is 0 Å². The number of pyridine rings is 2. The summed E-state index contributed by atoms with van der Waals surface area (Å²) in [5.74, 6) is 0.788. The van der Waals surface area contributed by atoms with Gasteiger partial charge in [-0.1, -0.05) is 41.9 Å². The fourth-order valence-electron chi connectivity index (χ4n) is 8.68. The number of aromatic nitrogens is 2. The Morgan fingerprint density at radius 3 is 2.08 bits per heavy atom. The van der Waals surface area contributed by atoms with Crippen LogP contribution in [0.4, 0.5) is 5.69 Å². The van der Waals surface area contributed by atoms with Gasteiger partial charge in [-0.3, -0.25) is 34.2 Å². The maximum absolute atomic E-state index is 13.3. The highest BCUT2D eigenvalue weighted by atomic mass is 35.5. The van der Waals surface area contributed by atoms with Gasteiger partial charge in [0.1, 0.15) is 11.4 Å². The lowest BCUT2D eigenvalue weighted by molar-refractivity contribution is -0.158. The van der Waals surface area contributed by atoms with E-state index in [0.29, 0.717) is 22.1 Å². The second-order valence-corrected chi connectivity index (χ2v) is 16.0. The molecule has 274 valence electrons. The second-order valence-electron chi connectivity index (χ2n) is 15.6. The molecule has 4 aliphatic rings. The Morgan fingerprint density at radius 1 is 0.811 bits per heavy atom. The first-order valence-corrected chi connectivity index (χ1v) is 18.5. The minimum atomic E-state index is -0.286.